The molecule has 1 atom stereocenters. The second kappa shape index (κ2) is 11.7. The van der Waals surface area contributed by atoms with Crippen molar-refractivity contribution in [3.05, 3.63) is 113 Å². The van der Waals surface area contributed by atoms with Crippen LogP contribution in [0.4, 0.5) is 5.69 Å². The van der Waals surface area contributed by atoms with Gasteiger partial charge in [0.2, 0.25) is 11.8 Å². The van der Waals surface area contributed by atoms with Crippen LogP contribution in [0.5, 0.6) is 0 Å². The molecule has 0 saturated heterocycles. The molecule has 198 valence electrons. The summed E-state index contributed by atoms with van der Waals surface area (Å²) in [5.74, 6) is -0.789. The molecule has 0 fully saturated rings. The maximum absolute atomic E-state index is 14.1. The van der Waals surface area contributed by atoms with Gasteiger partial charge >= 0.3 is 0 Å². The normalized spacial score (nSPS) is 13.0. The molecule has 0 bridgehead atoms. The van der Waals surface area contributed by atoms with Crippen LogP contribution in [0.1, 0.15) is 34.8 Å². The smallest absolute Gasteiger partial charge is 0.259 e. The zero-order chi connectivity index (χ0) is 27.4. The van der Waals surface area contributed by atoms with Crippen molar-refractivity contribution in [2.45, 2.75) is 32.4 Å². The number of carbonyl (C=O) groups is 3. The summed E-state index contributed by atoms with van der Waals surface area (Å²) in [5, 5.41) is 5.28. The molecule has 1 N–H and O–H groups in total. The van der Waals surface area contributed by atoms with Gasteiger partial charge in [-0.3, -0.25) is 19.3 Å². The molecular formula is C32H30ClN3O3. The highest BCUT2D eigenvalue weighted by atomic mass is 35.5. The molecule has 0 saturated carbocycles. The van der Waals surface area contributed by atoms with Crippen LogP contribution in [0.15, 0.2) is 91.0 Å². The minimum atomic E-state index is -0.793. The van der Waals surface area contributed by atoms with E-state index in [0.29, 0.717) is 29.2 Å². The predicted octanol–water partition coefficient (Wildman–Crippen LogP) is 5.62. The number of hydrogen-bond acceptors (Lipinski definition) is 3. The van der Waals surface area contributed by atoms with Gasteiger partial charge in [-0.15, -0.1) is 0 Å². The standard InChI is InChI=1S/C32H30ClN3O3/c1-2-18-34-31(38)28(19-22-10-4-3-5-11-22)35(20-24-12-6-7-16-26(24)33)29(37)21-36-27-17-9-14-23-13-8-15-25(30(23)27)32(36)39/h3-17,28H,2,18-21H2,1H3,(H,34,38)/t28-/m1/s1. The third-order valence-corrected chi connectivity index (χ3v) is 7.43. The quantitative estimate of drug-likeness (QED) is 0.284. The lowest BCUT2D eigenvalue weighted by Crippen LogP contribution is -2.53. The van der Waals surface area contributed by atoms with Gasteiger partial charge < -0.3 is 10.2 Å². The van der Waals surface area contributed by atoms with Gasteiger partial charge in [0.25, 0.3) is 5.91 Å². The van der Waals surface area contributed by atoms with Crippen molar-refractivity contribution in [1.82, 2.24) is 10.2 Å². The molecule has 4 aromatic rings. The fraction of sp³-hybridized carbons (Fsp3) is 0.219. The molecule has 0 spiro atoms. The molecule has 5 rings (SSSR count). The maximum Gasteiger partial charge on any atom is 0.259 e. The summed E-state index contributed by atoms with van der Waals surface area (Å²) in [6, 6.07) is 27.4. The SMILES string of the molecule is CCCNC(=O)[C@@H](Cc1ccccc1)N(Cc1ccccc1Cl)C(=O)CN1C(=O)c2cccc3cccc1c23. The van der Waals surface area contributed by atoms with Gasteiger partial charge in [-0.25, -0.2) is 0 Å². The first-order valence-electron chi connectivity index (χ1n) is 13.2. The van der Waals surface area contributed by atoms with Crippen molar-refractivity contribution in [3.63, 3.8) is 0 Å². The first-order chi connectivity index (χ1) is 19.0. The molecule has 6 nitrogen and oxygen atoms in total. The Morgan fingerprint density at radius 2 is 1.64 bits per heavy atom. The summed E-state index contributed by atoms with van der Waals surface area (Å²) in [5.41, 5.74) is 2.94. The number of hydrogen-bond donors (Lipinski definition) is 1. The number of nitrogens with one attached hydrogen (secondary N) is 1. The first-order valence-corrected chi connectivity index (χ1v) is 13.5. The van der Waals surface area contributed by atoms with Crippen molar-refractivity contribution >= 4 is 45.8 Å². The molecule has 0 aromatic heterocycles. The first kappa shape index (κ1) is 26.4. The number of rotatable bonds is 10. The fourth-order valence-electron chi connectivity index (χ4n) is 5.09. The Morgan fingerprint density at radius 1 is 0.923 bits per heavy atom. The lowest BCUT2D eigenvalue weighted by molar-refractivity contribution is -0.140. The Labute approximate surface area is 233 Å². The molecule has 0 aliphatic carbocycles. The minimum Gasteiger partial charge on any atom is -0.354 e. The third kappa shape index (κ3) is 5.52. The molecule has 4 aromatic carbocycles. The lowest BCUT2D eigenvalue weighted by atomic mass is 10.0. The second-order valence-electron chi connectivity index (χ2n) is 9.68. The van der Waals surface area contributed by atoms with Gasteiger partial charge in [-0.1, -0.05) is 91.3 Å². The molecule has 0 unspecified atom stereocenters. The summed E-state index contributed by atoms with van der Waals surface area (Å²) in [6.45, 7) is 2.43. The van der Waals surface area contributed by atoms with E-state index in [1.165, 1.54) is 4.90 Å². The third-order valence-electron chi connectivity index (χ3n) is 7.06. The molecule has 39 heavy (non-hydrogen) atoms. The Morgan fingerprint density at radius 3 is 2.38 bits per heavy atom. The largest absolute Gasteiger partial charge is 0.354 e. The number of halogens is 1. The minimum absolute atomic E-state index is 0.134. The highest BCUT2D eigenvalue weighted by Crippen LogP contribution is 2.37. The van der Waals surface area contributed by atoms with E-state index in [0.717, 1.165) is 28.3 Å². The molecule has 1 aliphatic rings. The van der Waals surface area contributed by atoms with Crippen molar-refractivity contribution in [3.8, 4) is 0 Å². The average Bonchev–Trinajstić information content (AvgIpc) is 3.23. The van der Waals surface area contributed by atoms with E-state index in [9.17, 15) is 14.4 Å². The van der Waals surface area contributed by atoms with Crippen LogP contribution in [-0.4, -0.2) is 41.8 Å². The zero-order valence-corrected chi connectivity index (χ0v) is 22.5. The zero-order valence-electron chi connectivity index (χ0n) is 21.8. The van der Waals surface area contributed by atoms with Crippen molar-refractivity contribution in [2.75, 3.05) is 18.0 Å². The molecule has 1 heterocycles. The summed E-state index contributed by atoms with van der Waals surface area (Å²) < 4.78 is 0. The van der Waals surface area contributed by atoms with Gasteiger partial charge in [0.15, 0.2) is 0 Å². The van der Waals surface area contributed by atoms with Crippen molar-refractivity contribution < 1.29 is 14.4 Å². The fourth-order valence-corrected chi connectivity index (χ4v) is 5.29. The summed E-state index contributed by atoms with van der Waals surface area (Å²) in [6.07, 6.45) is 1.10. The van der Waals surface area contributed by atoms with Crippen LogP contribution in [0.3, 0.4) is 0 Å². The Bertz CT molecular complexity index is 1520. The van der Waals surface area contributed by atoms with Crippen LogP contribution >= 0.6 is 11.6 Å². The lowest BCUT2D eigenvalue weighted by Gasteiger charge is -2.33. The van der Waals surface area contributed by atoms with E-state index in [-0.39, 0.29) is 30.8 Å². The summed E-state index contributed by atoms with van der Waals surface area (Å²) in [4.78, 5) is 44.2. The highest BCUT2D eigenvalue weighted by Gasteiger charge is 2.35. The number of benzene rings is 4. The van der Waals surface area contributed by atoms with E-state index >= 15 is 0 Å². The van der Waals surface area contributed by atoms with E-state index < -0.39 is 6.04 Å². The van der Waals surface area contributed by atoms with Gasteiger partial charge in [0, 0.05) is 35.5 Å². The van der Waals surface area contributed by atoms with E-state index in [1.54, 1.807) is 17.0 Å². The number of nitrogens with zero attached hydrogens (tertiary/aromatic N) is 2. The van der Waals surface area contributed by atoms with E-state index in [1.807, 2.05) is 85.8 Å². The van der Waals surface area contributed by atoms with Crippen LogP contribution in [0.2, 0.25) is 5.02 Å². The monoisotopic (exact) mass is 539 g/mol. The summed E-state index contributed by atoms with van der Waals surface area (Å²) >= 11 is 6.51. The Hall–Kier alpha value is -4.16. The topological polar surface area (TPSA) is 69.7 Å². The second-order valence-corrected chi connectivity index (χ2v) is 10.1. The van der Waals surface area contributed by atoms with Gasteiger partial charge in [-0.2, -0.15) is 0 Å². The molecule has 1 aliphatic heterocycles. The van der Waals surface area contributed by atoms with Gasteiger partial charge in [0.1, 0.15) is 12.6 Å². The van der Waals surface area contributed by atoms with Gasteiger partial charge in [0.05, 0.1) is 5.69 Å². The number of carbonyl (C=O) groups excluding carboxylic acids is 3. The van der Waals surface area contributed by atoms with E-state index in [2.05, 4.69) is 5.32 Å². The Kier molecular flexibility index (Phi) is 7.94. The number of anilines is 1. The van der Waals surface area contributed by atoms with Crippen molar-refractivity contribution in [1.29, 1.82) is 0 Å². The Balaban J connectivity index is 1.51. The van der Waals surface area contributed by atoms with Gasteiger partial charge in [-0.05, 0) is 41.1 Å². The molecule has 3 amide bonds. The van der Waals surface area contributed by atoms with Crippen LogP contribution < -0.4 is 10.2 Å². The molecule has 7 heteroatoms. The highest BCUT2D eigenvalue weighted by molar-refractivity contribution is 6.31. The molecular weight excluding hydrogens is 510 g/mol. The van der Waals surface area contributed by atoms with Crippen LogP contribution in [-0.2, 0) is 22.6 Å². The average molecular weight is 540 g/mol. The van der Waals surface area contributed by atoms with Crippen LogP contribution in [0.25, 0.3) is 10.8 Å². The van der Waals surface area contributed by atoms with E-state index in [4.69, 9.17) is 11.6 Å². The number of amides is 3. The van der Waals surface area contributed by atoms with Crippen LogP contribution in [0, 0.1) is 0 Å². The maximum atomic E-state index is 14.1. The summed E-state index contributed by atoms with van der Waals surface area (Å²) in [7, 11) is 0. The molecule has 0 radical (unpaired) electrons. The van der Waals surface area contributed by atoms with Crippen molar-refractivity contribution in [2.24, 2.45) is 0 Å². The predicted molar refractivity (Wildman–Crippen MR) is 155 cm³/mol.